The molecule has 1 fully saturated rings. The molecule has 0 saturated carbocycles. The Morgan fingerprint density at radius 3 is 2.35 bits per heavy atom. The molecule has 0 aliphatic carbocycles. The van der Waals surface area contributed by atoms with Crippen molar-refractivity contribution in [2.24, 2.45) is 10.1 Å². The summed E-state index contributed by atoms with van der Waals surface area (Å²) >= 11 is 1.20. The van der Waals surface area contributed by atoms with Crippen molar-refractivity contribution in [2.45, 2.75) is 4.90 Å². The molecule has 0 radical (unpaired) electrons. The van der Waals surface area contributed by atoms with Crippen LogP contribution in [-0.2, 0) is 14.8 Å². The standard InChI is InChI=1S/C17H15N3O4S2/c1-24-13-6-2-11(3-7-13)10-15-16(21)20-17(25-15)19-12-4-8-14(9-5-12)26(18,22)23/h2-10H,1H3,(H2,18,22,23)(H,19,20,21). The molecule has 9 heteroatoms. The van der Waals surface area contributed by atoms with E-state index in [1.807, 2.05) is 24.3 Å². The lowest BCUT2D eigenvalue weighted by Gasteiger charge is -2.00. The van der Waals surface area contributed by atoms with Gasteiger partial charge in [-0.2, -0.15) is 0 Å². The van der Waals surface area contributed by atoms with E-state index >= 15 is 0 Å². The monoisotopic (exact) mass is 389 g/mol. The van der Waals surface area contributed by atoms with Crippen LogP contribution in [0.25, 0.3) is 6.08 Å². The summed E-state index contributed by atoms with van der Waals surface area (Å²) in [4.78, 5) is 16.9. The number of hydrogen-bond acceptors (Lipinski definition) is 6. The zero-order valence-electron chi connectivity index (χ0n) is 13.7. The van der Waals surface area contributed by atoms with Crippen LogP contribution in [0.3, 0.4) is 0 Å². The van der Waals surface area contributed by atoms with Gasteiger partial charge >= 0.3 is 0 Å². The molecule has 1 heterocycles. The number of aliphatic imine (C=N–C) groups is 1. The highest BCUT2D eigenvalue weighted by Crippen LogP contribution is 2.28. The third-order valence-electron chi connectivity index (χ3n) is 3.46. The maximum Gasteiger partial charge on any atom is 0.264 e. The number of hydrogen-bond donors (Lipinski definition) is 2. The summed E-state index contributed by atoms with van der Waals surface area (Å²) in [7, 11) is -2.16. The topological polar surface area (TPSA) is 111 Å². The molecule has 2 aromatic carbocycles. The molecule has 1 saturated heterocycles. The Morgan fingerprint density at radius 2 is 1.77 bits per heavy atom. The van der Waals surface area contributed by atoms with E-state index in [2.05, 4.69) is 10.3 Å². The van der Waals surface area contributed by atoms with Gasteiger partial charge in [-0.3, -0.25) is 4.79 Å². The van der Waals surface area contributed by atoms with E-state index in [0.717, 1.165) is 11.3 Å². The largest absolute Gasteiger partial charge is 0.497 e. The summed E-state index contributed by atoms with van der Waals surface area (Å²) in [5.74, 6) is 0.492. The van der Waals surface area contributed by atoms with Crippen molar-refractivity contribution in [3.8, 4) is 5.75 Å². The average molecular weight is 389 g/mol. The van der Waals surface area contributed by atoms with Crippen LogP contribution in [0.4, 0.5) is 5.69 Å². The summed E-state index contributed by atoms with van der Waals surface area (Å²) in [5, 5.41) is 8.15. The van der Waals surface area contributed by atoms with Gasteiger partial charge in [-0.1, -0.05) is 12.1 Å². The molecule has 0 atom stereocenters. The maximum absolute atomic E-state index is 12.1. The lowest BCUT2D eigenvalue weighted by Crippen LogP contribution is -2.19. The van der Waals surface area contributed by atoms with Gasteiger partial charge in [0.25, 0.3) is 5.91 Å². The third-order valence-corrected chi connectivity index (χ3v) is 5.30. The Balaban J connectivity index is 1.78. The molecule has 1 aliphatic heterocycles. The number of rotatable bonds is 4. The highest BCUT2D eigenvalue weighted by Gasteiger charge is 2.23. The van der Waals surface area contributed by atoms with Crippen LogP contribution < -0.4 is 15.2 Å². The molecular formula is C17H15N3O4S2. The first-order chi connectivity index (χ1) is 12.3. The molecule has 26 heavy (non-hydrogen) atoms. The average Bonchev–Trinajstić information content (AvgIpc) is 2.94. The number of primary sulfonamides is 1. The lowest BCUT2D eigenvalue weighted by atomic mass is 10.2. The molecule has 1 aliphatic rings. The molecule has 134 valence electrons. The van der Waals surface area contributed by atoms with Gasteiger partial charge in [0.2, 0.25) is 10.0 Å². The Bertz CT molecular complexity index is 995. The van der Waals surface area contributed by atoms with Crippen molar-refractivity contribution >= 4 is 44.6 Å². The van der Waals surface area contributed by atoms with Crippen LogP contribution in [0.1, 0.15) is 5.56 Å². The van der Waals surface area contributed by atoms with Crippen molar-refractivity contribution in [2.75, 3.05) is 7.11 Å². The highest BCUT2D eigenvalue weighted by molar-refractivity contribution is 8.18. The Kier molecular flexibility index (Phi) is 5.12. The second kappa shape index (κ2) is 7.32. The number of nitrogens with one attached hydrogen (secondary N) is 1. The van der Waals surface area contributed by atoms with Crippen molar-refractivity contribution in [3.05, 3.63) is 59.0 Å². The fraction of sp³-hybridized carbons (Fsp3) is 0.0588. The number of methoxy groups -OCH3 is 1. The van der Waals surface area contributed by atoms with E-state index in [0.29, 0.717) is 15.8 Å². The predicted molar refractivity (Wildman–Crippen MR) is 102 cm³/mol. The first-order valence-corrected chi connectivity index (χ1v) is 9.78. The van der Waals surface area contributed by atoms with Crippen molar-refractivity contribution in [1.82, 2.24) is 5.32 Å². The lowest BCUT2D eigenvalue weighted by molar-refractivity contribution is -0.115. The van der Waals surface area contributed by atoms with E-state index < -0.39 is 10.0 Å². The molecular weight excluding hydrogens is 374 g/mol. The number of amides is 1. The van der Waals surface area contributed by atoms with Gasteiger partial charge in [-0.15, -0.1) is 0 Å². The molecule has 7 nitrogen and oxygen atoms in total. The summed E-state index contributed by atoms with van der Waals surface area (Å²) < 4.78 is 27.6. The number of benzene rings is 2. The number of sulfonamides is 1. The Morgan fingerprint density at radius 1 is 1.12 bits per heavy atom. The van der Waals surface area contributed by atoms with Gasteiger partial charge in [-0.05, 0) is 59.8 Å². The predicted octanol–water partition coefficient (Wildman–Crippen LogP) is 2.23. The number of nitrogens with two attached hydrogens (primary N) is 1. The van der Waals surface area contributed by atoms with Gasteiger partial charge in [0, 0.05) is 0 Å². The van der Waals surface area contributed by atoms with E-state index in [9.17, 15) is 13.2 Å². The number of thioether (sulfide) groups is 1. The van der Waals surface area contributed by atoms with Crippen molar-refractivity contribution < 1.29 is 17.9 Å². The van der Waals surface area contributed by atoms with Crippen LogP contribution in [-0.4, -0.2) is 26.6 Å². The minimum Gasteiger partial charge on any atom is -0.497 e. The molecule has 0 bridgehead atoms. The van der Waals surface area contributed by atoms with Crippen molar-refractivity contribution in [1.29, 1.82) is 0 Å². The van der Waals surface area contributed by atoms with Gasteiger partial charge in [0.1, 0.15) is 5.75 Å². The summed E-state index contributed by atoms with van der Waals surface area (Å²) in [6, 6.07) is 13.1. The second-order valence-electron chi connectivity index (χ2n) is 5.29. The van der Waals surface area contributed by atoms with Crippen molar-refractivity contribution in [3.63, 3.8) is 0 Å². The normalized spacial score (nSPS) is 17.5. The number of ether oxygens (including phenoxy) is 1. The molecule has 3 rings (SSSR count). The van der Waals surface area contributed by atoms with E-state index in [1.54, 1.807) is 13.2 Å². The van der Waals surface area contributed by atoms with Gasteiger partial charge < -0.3 is 10.1 Å². The highest BCUT2D eigenvalue weighted by atomic mass is 32.2. The SMILES string of the molecule is COc1ccc(C=C2SC(=Nc3ccc(S(N)(=O)=O)cc3)NC2=O)cc1. The van der Waals surface area contributed by atoms with Crippen LogP contribution in [0, 0.1) is 0 Å². The van der Waals surface area contributed by atoms with Crippen LogP contribution >= 0.6 is 11.8 Å². The summed E-state index contributed by atoms with van der Waals surface area (Å²) in [6.45, 7) is 0. The van der Waals surface area contributed by atoms with Crippen LogP contribution in [0.15, 0.2) is 63.3 Å². The zero-order valence-corrected chi connectivity index (χ0v) is 15.3. The van der Waals surface area contributed by atoms with Crippen LogP contribution in [0.5, 0.6) is 5.75 Å². The van der Waals surface area contributed by atoms with E-state index in [4.69, 9.17) is 9.88 Å². The molecule has 3 N–H and O–H groups in total. The second-order valence-corrected chi connectivity index (χ2v) is 7.89. The first kappa shape index (κ1) is 18.2. The Labute approximate surface area is 155 Å². The number of carbonyl (C=O) groups excluding carboxylic acids is 1. The van der Waals surface area contributed by atoms with E-state index in [1.165, 1.54) is 36.0 Å². The smallest absolute Gasteiger partial charge is 0.264 e. The molecule has 0 spiro atoms. The minimum absolute atomic E-state index is 0.00431. The fourth-order valence-electron chi connectivity index (χ4n) is 2.16. The van der Waals surface area contributed by atoms with Gasteiger partial charge in [0.15, 0.2) is 5.17 Å². The number of carbonyl (C=O) groups is 1. The number of nitrogens with zero attached hydrogens (tertiary/aromatic N) is 1. The first-order valence-electron chi connectivity index (χ1n) is 7.42. The molecule has 0 unspecified atom stereocenters. The minimum atomic E-state index is -3.75. The zero-order chi connectivity index (χ0) is 18.7. The van der Waals surface area contributed by atoms with Gasteiger partial charge in [0.05, 0.1) is 22.6 Å². The third kappa shape index (κ3) is 4.31. The van der Waals surface area contributed by atoms with Gasteiger partial charge in [-0.25, -0.2) is 18.5 Å². The summed E-state index contributed by atoms with van der Waals surface area (Å²) in [5.41, 5.74) is 1.37. The maximum atomic E-state index is 12.1. The van der Waals surface area contributed by atoms with Crippen LogP contribution in [0.2, 0.25) is 0 Å². The quantitative estimate of drug-likeness (QED) is 0.779. The summed E-state index contributed by atoms with van der Waals surface area (Å²) in [6.07, 6.45) is 1.76. The molecule has 2 aromatic rings. The fourth-order valence-corrected chi connectivity index (χ4v) is 3.52. The van der Waals surface area contributed by atoms with E-state index in [-0.39, 0.29) is 10.8 Å². The Hall–Kier alpha value is -2.62. The molecule has 1 amide bonds. The number of amidine groups is 1. The molecule has 0 aromatic heterocycles.